The second kappa shape index (κ2) is 6.51. The molecule has 0 saturated carbocycles. The standard InChI is InChI=1S/C21H21F2N3O2/c22-15-7-14(8-16(23)9-15)17-11-26(21(28)13-1-2-18(27)24-10-13)19-12-3-5-25(6-4-12)20(17)19/h1-2,7-10,12,17,19-20H,3-6,11H2,(H,24,27)/t17-,19+,20+/m1/s1. The monoisotopic (exact) mass is 385 g/mol. The Morgan fingerprint density at radius 1 is 1.04 bits per heavy atom. The average Bonchev–Trinajstić information content (AvgIpc) is 3.11. The van der Waals surface area contributed by atoms with Crippen LogP contribution in [0.15, 0.2) is 41.3 Å². The van der Waals surface area contributed by atoms with Gasteiger partial charge in [0.2, 0.25) is 5.56 Å². The van der Waals surface area contributed by atoms with Gasteiger partial charge in [-0.2, -0.15) is 0 Å². The topological polar surface area (TPSA) is 56.4 Å². The first-order valence-corrected chi connectivity index (χ1v) is 9.71. The van der Waals surface area contributed by atoms with Crippen LogP contribution in [0.4, 0.5) is 8.78 Å². The van der Waals surface area contributed by atoms with Crippen molar-refractivity contribution >= 4 is 5.91 Å². The molecule has 28 heavy (non-hydrogen) atoms. The maximum absolute atomic E-state index is 13.9. The Morgan fingerprint density at radius 3 is 2.39 bits per heavy atom. The maximum atomic E-state index is 13.9. The van der Waals surface area contributed by atoms with E-state index in [4.69, 9.17) is 0 Å². The fourth-order valence-corrected chi connectivity index (χ4v) is 5.45. The third-order valence-corrected chi connectivity index (χ3v) is 6.60. The van der Waals surface area contributed by atoms with Crippen molar-refractivity contribution in [2.24, 2.45) is 5.92 Å². The van der Waals surface area contributed by atoms with Crippen LogP contribution in [-0.4, -0.2) is 52.4 Å². The molecule has 4 saturated heterocycles. The summed E-state index contributed by atoms with van der Waals surface area (Å²) in [6, 6.07) is 6.64. The lowest BCUT2D eigenvalue weighted by Gasteiger charge is -2.51. The van der Waals surface area contributed by atoms with Crippen LogP contribution in [0.25, 0.3) is 0 Å². The third kappa shape index (κ3) is 2.76. The number of hydrogen-bond acceptors (Lipinski definition) is 3. The molecular formula is C21H21F2N3O2. The number of likely N-dealkylation sites (tertiary alicyclic amines) is 1. The lowest BCUT2D eigenvalue weighted by Crippen LogP contribution is -2.60. The Hall–Kier alpha value is -2.54. The molecule has 4 fully saturated rings. The number of aromatic amines is 1. The Kier molecular flexibility index (Phi) is 4.08. The normalized spacial score (nSPS) is 31.1. The summed E-state index contributed by atoms with van der Waals surface area (Å²) in [6.45, 7) is 2.34. The number of H-pyrrole nitrogens is 1. The van der Waals surface area contributed by atoms with Crippen LogP contribution in [0.2, 0.25) is 0 Å². The van der Waals surface area contributed by atoms with Gasteiger partial charge >= 0.3 is 0 Å². The Bertz CT molecular complexity index is 943. The van der Waals surface area contributed by atoms with Crippen LogP contribution in [-0.2, 0) is 0 Å². The average molecular weight is 385 g/mol. The number of carbonyl (C=O) groups excluding carboxylic acids is 1. The zero-order valence-electron chi connectivity index (χ0n) is 15.3. The molecule has 1 N–H and O–H groups in total. The van der Waals surface area contributed by atoms with Crippen LogP contribution < -0.4 is 5.56 Å². The quantitative estimate of drug-likeness (QED) is 0.864. The molecule has 2 bridgehead atoms. The summed E-state index contributed by atoms with van der Waals surface area (Å²) in [5, 5.41) is 0. The molecule has 3 atom stereocenters. The van der Waals surface area contributed by atoms with Crippen molar-refractivity contribution in [1.82, 2.24) is 14.8 Å². The van der Waals surface area contributed by atoms with Crippen LogP contribution in [0.1, 0.15) is 34.7 Å². The number of carbonyl (C=O) groups is 1. The van der Waals surface area contributed by atoms with Gasteiger partial charge in [0.25, 0.3) is 5.91 Å². The summed E-state index contributed by atoms with van der Waals surface area (Å²) in [6.07, 6.45) is 3.50. The molecule has 1 amide bonds. The third-order valence-electron chi connectivity index (χ3n) is 6.60. The van der Waals surface area contributed by atoms with E-state index in [0.717, 1.165) is 32.0 Å². The van der Waals surface area contributed by atoms with Crippen LogP contribution in [0, 0.1) is 17.6 Å². The van der Waals surface area contributed by atoms with Crippen LogP contribution in [0.5, 0.6) is 0 Å². The molecule has 6 rings (SSSR count). The van der Waals surface area contributed by atoms with E-state index in [1.165, 1.54) is 30.5 Å². The van der Waals surface area contributed by atoms with Gasteiger partial charge < -0.3 is 9.88 Å². The largest absolute Gasteiger partial charge is 0.333 e. The number of fused-ring (bicyclic) bond motifs is 2. The van der Waals surface area contributed by atoms with E-state index in [-0.39, 0.29) is 29.5 Å². The number of halogens is 2. The second-order valence-electron chi connectivity index (χ2n) is 8.06. The minimum Gasteiger partial charge on any atom is -0.333 e. The van der Waals surface area contributed by atoms with Crippen molar-refractivity contribution in [2.75, 3.05) is 19.6 Å². The highest BCUT2D eigenvalue weighted by molar-refractivity contribution is 5.94. The summed E-state index contributed by atoms with van der Waals surface area (Å²) < 4.78 is 27.8. The SMILES string of the molecule is O=C(c1ccc(=O)[nH]c1)N1C[C@H](c2cc(F)cc(F)c2)[C@H]2[C@@H]1C1CCN2CC1. The summed E-state index contributed by atoms with van der Waals surface area (Å²) in [5.41, 5.74) is 0.782. The van der Waals surface area contributed by atoms with Gasteiger partial charge in [-0.25, -0.2) is 8.78 Å². The molecule has 4 aliphatic rings. The Labute approximate surface area is 161 Å². The number of amides is 1. The molecule has 2 aromatic rings. The summed E-state index contributed by atoms with van der Waals surface area (Å²) >= 11 is 0. The van der Waals surface area contributed by atoms with Crippen molar-refractivity contribution in [3.05, 3.63) is 69.6 Å². The molecule has 0 spiro atoms. The van der Waals surface area contributed by atoms with Crippen LogP contribution >= 0.6 is 0 Å². The van der Waals surface area contributed by atoms with Crippen molar-refractivity contribution in [3.63, 3.8) is 0 Å². The second-order valence-corrected chi connectivity index (χ2v) is 8.06. The predicted molar refractivity (Wildman–Crippen MR) is 99.1 cm³/mol. The molecule has 0 unspecified atom stereocenters. The van der Waals surface area contributed by atoms with Gasteiger partial charge in [-0.05, 0) is 55.6 Å². The van der Waals surface area contributed by atoms with E-state index in [1.807, 2.05) is 4.90 Å². The molecule has 7 heteroatoms. The zero-order valence-corrected chi connectivity index (χ0v) is 15.3. The lowest BCUT2D eigenvalue weighted by molar-refractivity contribution is -0.00344. The van der Waals surface area contributed by atoms with Crippen LogP contribution in [0.3, 0.4) is 0 Å². The molecule has 5 nitrogen and oxygen atoms in total. The van der Waals surface area contributed by atoms with Gasteiger partial charge in [-0.3, -0.25) is 14.5 Å². The highest BCUT2D eigenvalue weighted by Gasteiger charge is 2.54. The molecule has 5 heterocycles. The van der Waals surface area contributed by atoms with Crippen molar-refractivity contribution < 1.29 is 13.6 Å². The number of nitrogens with one attached hydrogen (secondary N) is 1. The Balaban J connectivity index is 1.54. The fourth-order valence-electron chi connectivity index (χ4n) is 5.45. The number of hydrogen-bond donors (Lipinski definition) is 1. The first-order chi connectivity index (χ1) is 13.5. The van der Waals surface area contributed by atoms with Crippen molar-refractivity contribution in [3.8, 4) is 0 Å². The number of piperidine rings is 3. The molecule has 4 aliphatic heterocycles. The predicted octanol–water partition coefficient (Wildman–Crippen LogP) is 2.36. The van der Waals surface area contributed by atoms with Gasteiger partial charge in [-0.15, -0.1) is 0 Å². The summed E-state index contributed by atoms with van der Waals surface area (Å²) in [4.78, 5) is 31.4. The van der Waals surface area contributed by atoms with Gasteiger partial charge in [-0.1, -0.05) is 0 Å². The van der Waals surface area contributed by atoms with Crippen molar-refractivity contribution in [1.29, 1.82) is 0 Å². The van der Waals surface area contributed by atoms with E-state index in [9.17, 15) is 18.4 Å². The molecule has 1 aromatic carbocycles. The van der Waals surface area contributed by atoms with E-state index in [2.05, 4.69) is 9.88 Å². The minimum absolute atomic E-state index is 0.0262. The molecule has 0 aliphatic carbocycles. The molecule has 146 valence electrons. The zero-order chi connectivity index (χ0) is 19.4. The van der Waals surface area contributed by atoms with E-state index < -0.39 is 11.6 Å². The number of pyridine rings is 1. The van der Waals surface area contributed by atoms with Gasteiger partial charge in [0.1, 0.15) is 11.6 Å². The van der Waals surface area contributed by atoms with E-state index >= 15 is 0 Å². The molecule has 0 radical (unpaired) electrons. The minimum atomic E-state index is -0.590. The smallest absolute Gasteiger partial charge is 0.255 e. The number of rotatable bonds is 2. The number of aromatic nitrogens is 1. The highest BCUT2D eigenvalue weighted by atomic mass is 19.1. The number of nitrogens with zero attached hydrogens (tertiary/aromatic N) is 2. The van der Waals surface area contributed by atoms with E-state index in [0.29, 0.717) is 23.6 Å². The first kappa shape index (κ1) is 17.6. The molecule has 1 aromatic heterocycles. The Morgan fingerprint density at radius 2 is 1.75 bits per heavy atom. The van der Waals surface area contributed by atoms with Gasteiger partial charge in [0, 0.05) is 36.8 Å². The lowest BCUT2D eigenvalue weighted by atomic mass is 9.75. The van der Waals surface area contributed by atoms with Gasteiger partial charge in [0.05, 0.1) is 11.6 Å². The summed E-state index contributed by atoms with van der Waals surface area (Å²) in [7, 11) is 0. The maximum Gasteiger partial charge on any atom is 0.255 e. The fraction of sp³-hybridized carbons (Fsp3) is 0.429. The van der Waals surface area contributed by atoms with Gasteiger partial charge in [0.15, 0.2) is 0 Å². The first-order valence-electron chi connectivity index (χ1n) is 9.71. The van der Waals surface area contributed by atoms with E-state index in [1.54, 1.807) is 0 Å². The summed E-state index contributed by atoms with van der Waals surface area (Å²) in [5.74, 6) is -1.06. The highest BCUT2D eigenvalue weighted by Crippen LogP contribution is 2.47. The number of benzene rings is 1. The molecular weight excluding hydrogens is 364 g/mol. The van der Waals surface area contributed by atoms with Crippen molar-refractivity contribution in [2.45, 2.75) is 30.8 Å².